The van der Waals surface area contributed by atoms with Crippen molar-refractivity contribution in [3.05, 3.63) is 47.8 Å². The fourth-order valence-corrected chi connectivity index (χ4v) is 4.63. The van der Waals surface area contributed by atoms with Crippen LogP contribution in [0.4, 0.5) is 22.8 Å². The second-order valence-corrected chi connectivity index (χ2v) is 13.2. The zero-order valence-corrected chi connectivity index (χ0v) is 27.3. The molecule has 46 heavy (non-hydrogen) atoms. The second kappa shape index (κ2) is 12.5. The summed E-state index contributed by atoms with van der Waals surface area (Å²) in [7, 11) is 1.76. The van der Waals surface area contributed by atoms with Crippen molar-refractivity contribution < 1.29 is 46.4 Å². The lowest BCUT2D eigenvalue weighted by atomic mass is 9.96. The SMILES string of the molecule is Cn1cnc2c(-c3ccc(OC(F)(F)F)cc3)cc(CN(C(=O)OC(C)(C)C)C(=O)OC(C)(C)C)c(C#C[C@@H]3COC(C)(C)O3)c21. The molecule has 2 heterocycles. The molecule has 0 bridgehead atoms. The van der Waals surface area contributed by atoms with E-state index in [0.29, 0.717) is 33.3 Å². The summed E-state index contributed by atoms with van der Waals surface area (Å²) in [4.78, 5) is 32.3. The van der Waals surface area contributed by atoms with E-state index in [1.54, 1.807) is 79.4 Å². The van der Waals surface area contributed by atoms with Gasteiger partial charge >= 0.3 is 18.5 Å². The lowest BCUT2D eigenvalue weighted by Crippen LogP contribution is -2.43. The molecule has 2 aromatic carbocycles. The van der Waals surface area contributed by atoms with E-state index in [1.165, 1.54) is 24.3 Å². The molecule has 3 aromatic rings. The number of ether oxygens (including phenoxy) is 5. The molecule has 1 fully saturated rings. The maximum Gasteiger partial charge on any atom is 0.573 e. The van der Waals surface area contributed by atoms with Gasteiger partial charge in [0.2, 0.25) is 0 Å². The molecule has 0 N–H and O–H groups in total. The lowest BCUT2D eigenvalue weighted by molar-refractivity contribution is -0.274. The van der Waals surface area contributed by atoms with E-state index in [1.807, 2.05) is 0 Å². The van der Waals surface area contributed by atoms with Crippen LogP contribution in [0.5, 0.6) is 5.75 Å². The Morgan fingerprint density at radius 3 is 2.13 bits per heavy atom. The fourth-order valence-electron chi connectivity index (χ4n) is 4.63. The van der Waals surface area contributed by atoms with E-state index in [-0.39, 0.29) is 18.9 Å². The zero-order chi connectivity index (χ0) is 34.2. The zero-order valence-electron chi connectivity index (χ0n) is 27.3. The molecular formula is C33H38F3N3O7. The number of nitrogens with zero attached hydrogens (tertiary/aromatic N) is 3. The van der Waals surface area contributed by atoms with Crippen LogP contribution in [0.25, 0.3) is 22.2 Å². The minimum Gasteiger partial charge on any atom is -0.443 e. The third kappa shape index (κ3) is 8.92. The molecule has 1 aliphatic rings. The smallest absolute Gasteiger partial charge is 0.443 e. The summed E-state index contributed by atoms with van der Waals surface area (Å²) in [5.74, 6) is 5.04. The number of hydrogen-bond donors (Lipinski definition) is 0. The first-order chi connectivity index (χ1) is 21.1. The normalized spacial score (nSPS) is 16.5. The molecule has 0 saturated carbocycles. The van der Waals surface area contributed by atoms with Gasteiger partial charge in [0.25, 0.3) is 0 Å². The molecular weight excluding hydrogens is 607 g/mol. The van der Waals surface area contributed by atoms with Crippen LogP contribution in [-0.4, -0.2) is 62.7 Å². The van der Waals surface area contributed by atoms with Crippen LogP contribution in [-0.2, 0) is 32.5 Å². The Balaban J connectivity index is 1.90. The first-order valence-corrected chi connectivity index (χ1v) is 14.5. The summed E-state index contributed by atoms with van der Waals surface area (Å²) >= 11 is 0. The molecule has 13 heteroatoms. The minimum absolute atomic E-state index is 0.232. The minimum atomic E-state index is -4.85. The number of imidazole rings is 1. The van der Waals surface area contributed by atoms with Gasteiger partial charge < -0.3 is 28.3 Å². The molecule has 0 spiro atoms. The van der Waals surface area contributed by atoms with Crippen molar-refractivity contribution in [2.45, 2.75) is 91.4 Å². The van der Waals surface area contributed by atoms with Crippen LogP contribution in [0.3, 0.4) is 0 Å². The molecule has 1 aliphatic heterocycles. The Morgan fingerprint density at radius 2 is 1.63 bits per heavy atom. The Bertz CT molecular complexity index is 1640. The monoisotopic (exact) mass is 645 g/mol. The third-order valence-corrected chi connectivity index (χ3v) is 6.39. The number of halogens is 3. The Hall–Kier alpha value is -4.28. The largest absolute Gasteiger partial charge is 0.573 e. The van der Waals surface area contributed by atoms with Crippen LogP contribution < -0.4 is 4.74 Å². The van der Waals surface area contributed by atoms with Crippen molar-refractivity contribution in [1.82, 2.24) is 14.5 Å². The van der Waals surface area contributed by atoms with Gasteiger partial charge in [0, 0.05) is 12.6 Å². The highest BCUT2D eigenvalue weighted by Gasteiger charge is 2.34. The molecule has 1 atom stereocenters. The van der Waals surface area contributed by atoms with Crippen LogP contribution in [0, 0.1) is 11.8 Å². The second-order valence-electron chi connectivity index (χ2n) is 13.2. The summed E-state index contributed by atoms with van der Waals surface area (Å²) in [6.45, 7) is 13.5. The molecule has 1 saturated heterocycles. The molecule has 4 rings (SSSR count). The molecule has 1 aromatic heterocycles. The number of carbonyl (C=O) groups excluding carboxylic acids is 2. The first-order valence-electron chi connectivity index (χ1n) is 14.5. The van der Waals surface area contributed by atoms with Crippen LogP contribution >= 0.6 is 0 Å². The number of aryl methyl sites for hydroxylation is 1. The van der Waals surface area contributed by atoms with E-state index < -0.39 is 41.6 Å². The molecule has 248 valence electrons. The molecule has 0 radical (unpaired) electrons. The maximum atomic E-state index is 13.4. The van der Waals surface area contributed by atoms with Crippen LogP contribution in [0.1, 0.15) is 66.5 Å². The summed E-state index contributed by atoms with van der Waals surface area (Å²) in [5, 5.41) is 0. The number of fused-ring (bicyclic) bond motifs is 1. The van der Waals surface area contributed by atoms with Gasteiger partial charge in [-0.25, -0.2) is 19.5 Å². The van der Waals surface area contributed by atoms with E-state index in [4.69, 9.17) is 18.9 Å². The average molecular weight is 646 g/mol. The summed E-state index contributed by atoms with van der Waals surface area (Å²) in [5.41, 5.74) is 1.09. The van der Waals surface area contributed by atoms with Crippen molar-refractivity contribution in [2.24, 2.45) is 7.05 Å². The first kappa shape index (κ1) is 34.6. The van der Waals surface area contributed by atoms with Crippen LogP contribution in [0.15, 0.2) is 36.7 Å². The predicted molar refractivity (Wildman–Crippen MR) is 163 cm³/mol. The number of benzene rings is 2. The van der Waals surface area contributed by atoms with E-state index in [0.717, 1.165) is 4.90 Å². The fraction of sp³-hybridized carbons (Fsp3) is 0.485. The molecule has 2 amide bonds. The standard InChI is InChI=1S/C33H38F3N3O7/c1-30(2,3)45-28(40)39(29(41)46-31(4,5)6)17-21-16-25(20-10-12-22(13-11-20)44-33(34,35)36)26-27(38(9)19-37-26)24(21)15-14-23-18-42-32(7,8)43-23/h10-13,16,19,23H,17-18H2,1-9H3/t23-/m1/s1. The van der Waals surface area contributed by atoms with Crippen molar-refractivity contribution in [2.75, 3.05) is 6.61 Å². The van der Waals surface area contributed by atoms with Gasteiger partial charge in [-0.3, -0.25) is 0 Å². The van der Waals surface area contributed by atoms with Crippen molar-refractivity contribution in [3.8, 4) is 28.7 Å². The van der Waals surface area contributed by atoms with E-state index in [9.17, 15) is 22.8 Å². The highest BCUT2D eigenvalue weighted by molar-refractivity contribution is 5.97. The van der Waals surface area contributed by atoms with Gasteiger partial charge in [0.1, 0.15) is 23.1 Å². The number of carbonyl (C=O) groups is 2. The number of amides is 2. The Kier molecular flexibility index (Phi) is 9.39. The quantitative estimate of drug-likeness (QED) is 0.272. The van der Waals surface area contributed by atoms with Gasteiger partial charge in [0.05, 0.1) is 36.1 Å². The molecule has 0 unspecified atom stereocenters. The Morgan fingerprint density at radius 1 is 1.04 bits per heavy atom. The summed E-state index contributed by atoms with van der Waals surface area (Å²) in [6.07, 6.45) is -5.70. The topological polar surface area (TPSA) is 101 Å². The maximum absolute atomic E-state index is 13.4. The highest BCUT2D eigenvalue weighted by atomic mass is 19.4. The van der Waals surface area contributed by atoms with E-state index in [2.05, 4.69) is 21.6 Å². The Labute approximate surface area is 265 Å². The summed E-state index contributed by atoms with van der Waals surface area (Å²) in [6, 6.07) is 7.00. The number of hydrogen-bond acceptors (Lipinski definition) is 8. The van der Waals surface area contributed by atoms with E-state index >= 15 is 0 Å². The number of alkyl halides is 3. The highest BCUT2D eigenvalue weighted by Crippen LogP contribution is 2.35. The average Bonchev–Trinajstić information content (AvgIpc) is 3.44. The van der Waals surface area contributed by atoms with Gasteiger partial charge in [-0.05, 0) is 84.7 Å². The van der Waals surface area contributed by atoms with Crippen molar-refractivity contribution >= 4 is 23.2 Å². The van der Waals surface area contributed by atoms with Crippen molar-refractivity contribution in [3.63, 3.8) is 0 Å². The van der Waals surface area contributed by atoms with Gasteiger partial charge in [-0.15, -0.1) is 13.2 Å². The molecule has 10 nitrogen and oxygen atoms in total. The van der Waals surface area contributed by atoms with Gasteiger partial charge in [0.15, 0.2) is 5.79 Å². The third-order valence-electron chi connectivity index (χ3n) is 6.39. The lowest BCUT2D eigenvalue weighted by Gasteiger charge is -2.29. The van der Waals surface area contributed by atoms with Gasteiger partial charge in [-0.2, -0.15) is 0 Å². The molecule has 0 aliphatic carbocycles. The number of rotatable bonds is 4. The van der Waals surface area contributed by atoms with Gasteiger partial charge in [-0.1, -0.05) is 24.0 Å². The number of aromatic nitrogens is 2. The number of imide groups is 1. The van der Waals surface area contributed by atoms with Crippen molar-refractivity contribution in [1.29, 1.82) is 0 Å². The van der Waals surface area contributed by atoms with Crippen LogP contribution in [0.2, 0.25) is 0 Å². The summed E-state index contributed by atoms with van der Waals surface area (Å²) < 4.78 is 66.9. The predicted octanol–water partition coefficient (Wildman–Crippen LogP) is 7.31.